The van der Waals surface area contributed by atoms with Crippen molar-refractivity contribution in [3.63, 3.8) is 0 Å². The molecule has 1 amide bonds. The molecule has 1 aromatic heterocycles. The lowest BCUT2D eigenvalue weighted by molar-refractivity contribution is 0.0940. The number of aryl methyl sites for hydroxylation is 2. The fraction of sp³-hybridized carbons (Fsp3) is 0.375. The van der Waals surface area contributed by atoms with Gasteiger partial charge < -0.3 is 10.6 Å². The van der Waals surface area contributed by atoms with E-state index in [1.807, 2.05) is 48.9 Å². The largest absolute Gasteiger partial charge is 0.348 e. The molecule has 1 fully saturated rings. The molecule has 0 aliphatic carbocycles. The Hall–Kier alpha value is -1.85. The van der Waals surface area contributed by atoms with Gasteiger partial charge in [-0.2, -0.15) is 5.10 Å². The van der Waals surface area contributed by atoms with Gasteiger partial charge in [0.1, 0.15) is 0 Å². The SMILES string of the molecule is Cc1cc(C)n(-c2ccc(C(=O)NC3CCNC3)cc2)n1.Cl. The van der Waals surface area contributed by atoms with Crippen LogP contribution < -0.4 is 10.6 Å². The predicted molar refractivity (Wildman–Crippen MR) is 89.0 cm³/mol. The van der Waals surface area contributed by atoms with Crippen LogP contribution in [0.3, 0.4) is 0 Å². The first kappa shape index (κ1) is 16.5. The molecule has 0 spiro atoms. The highest BCUT2D eigenvalue weighted by Crippen LogP contribution is 2.13. The number of aromatic nitrogens is 2. The van der Waals surface area contributed by atoms with E-state index in [1.54, 1.807) is 0 Å². The number of carbonyl (C=O) groups is 1. The van der Waals surface area contributed by atoms with E-state index < -0.39 is 0 Å². The first-order valence-corrected chi connectivity index (χ1v) is 7.29. The number of carbonyl (C=O) groups excluding carboxylic acids is 1. The Morgan fingerprint density at radius 1 is 1.32 bits per heavy atom. The van der Waals surface area contributed by atoms with Gasteiger partial charge in [-0.1, -0.05) is 0 Å². The molecule has 0 saturated carbocycles. The summed E-state index contributed by atoms with van der Waals surface area (Å²) in [7, 11) is 0. The van der Waals surface area contributed by atoms with E-state index in [4.69, 9.17) is 0 Å². The zero-order valence-corrected chi connectivity index (χ0v) is 13.6. The monoisotopic (exact) mass is 320 g/mol. The van der Waals surface area contributed by atoms with Crippen LogP contribution in [0.5, 0.6) is 0 Å². The summed E-state index contributed by atoms with van der Waals surface area (Å²) in [5.41, 5.74) is 3.73. The Bertz CT molecular complexity index is 645. The molecule has 3 rings (SSSR count). The first-order chi connectivity index (χ1) is 10.1. The van der Waals surface area contributed by atoms with Crippen molar-refractivity contribution in [2.45, 2.75) is 26.3 Å². The Labute approximate surface area is 136 Å². The van der Waals surface area contributed by atoms with Crippen LogP contribution in [-0.4, -0.2) is 34.8 Å². The summed E-state index contributed by atoms with van der Waals surface area (Å²) in [5, 5.41) is 10.7. The molecule has 0 bridgehead atoms. The van der Waals surface area contributed by atoms with E-state index >= 15 is 0 Å². The fourth-order valence-corrected chi connectivity index (χ4v) is 2.69. The van der Waals surface area contributed by atoms with Crippen LogP contribution in [0.2, 0.25) is 0 Å². The molecule has 1 aliphatic heterocycles. The highest BCUT2D eigenvalue weighted by Gasteiger charge is 2.17. The van der Waals surface area contributed by atoms with E-state index in [0.717, 1.165) is 36.6 Å². The van der Waals surface area contributed by atoms with Crippen molar-refractivity contribution in [1.29, 1.82) is 0 Å². The van der Waals surface area contributed by atoms with Gasteiger partial charge >= 0.3 is 0 Å². The van der Waals surface area contributed by atoms with Gasteiger partial charge in [-0.25, -0.2) is 4.68 Å². The molecule has 1 unspecified atom stereocenters. The summed E-state index contributed by atoms with van der Waals surface area (Å²) >= 11 is 0. The molecule has 6 heteroatoms. The Balaban J connectivity index is 0.00000176. The number of hydrogen-bond donors (Lipinski definition) is 2. The average Bonchev–Trinajstić information content (AvgIpc) is 3.08. The number of nitrogens with one attached hydrogen (secondary N) is 2. The normalized spacial score (nSPS) is 17.1. The van der Waals surface area contributed by atoms with Crippen LogP contribution in [0, 0.1) is 13.8 Å². The quantitative estimate of drug-likeness (QED) is 0.909. The van der Waals surface area contributed by atoms with Crippen molar-refractivity contribution in [3.05, 3.63) is 47.3 Å². The minimum Gasteiger partial charge on any atom is -0.348 e. The molecule has 1 aliphatic rings. The predicted octanol–water partition coefficient (Wildman–Crippen LogP) is 2.00. The summed E-state index contributed by atoms with van der Waals surface area (Å²) in [6.45, 7) is 5.83. The molecular weight excluding hydrogens is 300 g/mol. The van der Waals surface area contributed by atoms with Gasteiger partial charge in [0.25, 0.3) is 5.91 Å². The number of hydrogen-bond acceptors (Lipinski definition) is 3. The maximum Gasteiger partial charge on any atom is 0.251 e. The number of nitrogens with zero attached hydrogens (tertiary/aromatic N) is 2. The van der Waals surface area contributed by atoms with Gasteiger partial charge in [0.2, 0.25) is 0 Å². The van der Waals surface area contributed by atoms with Crippen molar-refractivity contribution in [2.75, 3.05) is 13.1 Å². The maximum atomic E-state index is 12.2. The van der Waals surface area contributed by atoms with E-state index in [-0.39, 0.29) is 24.4 Å². The maximum absolute atomic E-state index is 12.2. The molecule has 1 atom stereocenters. The van der Waals surface area contributed by atoms with Crippen molar-refractivity contribution in [3.8, 4) is 5.69 Å². The van der Waals surface area contributed by atoms with Crippen LogP contribution in [0.1, 0.15) is 28.2 Å². The topological polar surface area (TPSA) is 59.0 Å². The molecule has 2 heterocycles. The second-order valence-electron chi connectivity index (χ2n) is 5.55. The van der Waals surface area contributed by atoms with Gasteiger partial charge in [-0.05, 0) is 57.1 Å². The summed E-state index contributed by atoms with van der Waals surface area (Å²) < 4.78 is 1.89. The molecule has 1 saturated heterocycles. The standard InChI is InChI=1S/C16H20N4O.ClH/c1-11-9-12(2)20(19-11)15-5-3-13(4-6-15)16(21)18-14-7-8-17-10-14;/h3-6,9,14,17H,7-8,10H2,1-2H3,(H,18,21);1H. The van der Waals surface area contributed by atoms with E-state index in [1.165, 1.54) is 0 Å². The number of amides is 1. The molecule has 1 aromatic carbocycles. The van der Waals surface area contributed by atoms with Crippen LogP contribution in [-0.2, 0) is 0 Å². The van der Waals surface area contributed by atoms with Gasteiger partial charge in [-0.3, -0.25) is 4.79 Å². The lowest BCUT2D eigenvalue weighted by atomic mass is 10.1. The molecule has 2 N–H and O–H groups in total. The Morgan fingerprint density at radius 2 is 2.05 bits per heavy atom. The molecule has 22 heavy (non-hydrogen) atoms. The fourth-order valence-electron chi connectivity index (χ4n) is 2.69. The van der Waals surface area contributed by atoms with Gasteiger partial charge in [0, 0.05) is 23.8 Å². The van der Waals surface area contributed by atoms with Crippen LogP contribution in [0.4, 0.5) is 0 Å². The number of halogens is 1. The lowest BCUT2D eigenvalue weighted by Gasteiger charge is -2.11. The van der Waals surface area contributed by atoms with Crippen LogP contribution >= 0.6 is 12.4 Å². The van der Waals surface area contributed by atoms with Crippen molar-refractivity contribution in [2.24, 2.45) is 0 Å². The van der Waals surface area contributed by atoms with Crippen molar-refractivity contribution in [1.82, 2.24) is 20.4 Å². The average molecular weight is 321 g/mol. The molecular formula is C16H21ClN4O. The number of benzene rings is 1. The Morgan fingerprint density at radius 3 is 2.59 bits per heavy atom. The summed E-state index contributed by atoms with van der Waals surface area (Å²) in [6, 6.07) is 9.84. The highest BCUT2D eigenvalue weighted by atomic mass is 35.5. The second-order valence-corrected chi connectivity index (χ2v) is 5.55. The van der Waals surface area contributed by atoms with Crippen LogP contribution in [0.25, 0.3) is 5.69 Å². The highest BCUT2D eigenvalue weighted by molar-refractivity contribution is 5.94. The Kier molecular flexibility index (Phi) is 5.21. The van der Waals surface area contributed by atoms with Crippen molar-refractivity contribution < 1.29 is 4.79 Å². The molecule has 5 nitrogen and oxygen atoms in total. The number of rotatable bonds is 3. The first-order valence-electron chi connectivity index (χ1n) is 7.29. The smallest absolute Gasteiger partial charge is 0.251 e. The third-order valence-electron chi connectivity index (χ3n) is 3.78. The summed E-state index contributed by atoms with van der Waals surface area (Å²) in [6.07, 6.45) is 0.996. The molecule has 118 valence electrons. The molecule has 0 radical (unpaired) electrons. The zero-order chi connectivity index (χ0) is 14.8. The van der Waals surface area contributed by atoms with Gasteiger partial charge in [-0.15, -0.1) is 12.4 Å². The molecule has 2 aromatic rings. The zero-order valence-electron chi connectivity index (χ0n) is 12.8. The van der Waals surface area contributed by atoms with Crippen LogP contribution in [0.15, 0.2) is 30.3 Å². The van der Waals surface area contributed by atoms with E-state index in [9.17, 15) is 4.79 Å². The lowest BCUT2D eigenvalue weighted by Crippen LogP contribution is -2.36. The van der Waals surface area contributed by atoms with Gasteiger partial charge in [0.15, 0.2) is 0 Å². The second kappa shape index (κ2) is 6.94. The van der Waals surface area contributed by atoms with E-state index in [0.29, 0.717) is 5.56 Å². The minimum atomic E-state index is -0.0105. The van der Waals surface area contributed by atoms with E-state index in [2.05, 4.69) is 15.7 Å². The van der Waals surface area contributed by atoms with Crippen molar-refractivity contribution >= 4 is 18.3 Å². The summed E-state index contributed by atoms with van der Waals surface area (Å²) in [5.74, 6) is -0.0105. The van der Waals surface area contributed by atoms with Gasteiger partial charge in [0.05, 0.1) is 11.4 Å². The summed E-state index contributed by atoms with van der Waals surface area (Å²) in [4.78, 5) is 12.2. The third kappa shape index (κ3) is 3.48. The third-order valence-corrected chi connectivity index (χ3v) is 3.78. The minimum absolute atomic E-state index is 0.